The van der Waals surface area contributed by atoms with Crippen LogP contribution in [-0.2, 0) is 44.5 Å². The maximum absolute atomic E-state index is 13.6. The predicted octanol–water partition coefficient (Wildman–Crippen LogP) is 1.04. The molecule has 1 rings (SSSR count). The van der Waals surface area contributed by atoms with Gasteiger partial charge in [0.15, 0.2) is 0 Å². The van der Waals surface area contributed by atoms with E-state index in [4.69, 9.17) is 4.74 Å². The molecule has 50 heavy (non-hydrogen) atoms. The van der Waals surface area contributed by atoms with E-state index in [1.54, 1.807) is 0 Å². The van der Waals surface area contributed by atoms with Crippen molar-refractivity contribution in [2.75, 3.05) is 23.0 Å². The van der Waals surface area contributed by atoms with Crippen LogP contribution in [0.2, 0.25) is 0 Å². The van der Waals surface area contributed by atoms with Gasteiger partial charge in [0.2, 0.25) is 39.0 Å². The highest BCUT2D eigenvalue weighted by Gasteiger charge is 2.34. The first kappa shape index (κ1) is 44.3. The molecule has 0 aliphatic rings. The monoisotopic (exact) mass is 786 g/mol. The van der Waals surface area contributed by atoms with Crippen LogP contribution >= 0.6 is 47.9 Å². The molecule has 15 nitrogen and oxygen atoms in total. The van der Waals surface area contributed by atoms with E-state index >= 15 is 0 Å². The Kier molecular flexibility index (Phi) is 18.4. The Morgan fingerprint density at radius 3 is 1.64 bits per heavy atom. The minimum Gasteiger partial charge on any atom is -0.480 e. The zero-order chi connectivity index (χ0) is 38.3. The molecule has 0 fully saturated rings. The fraction of sp³-hybridized carbons (Fsp3) is 0.464. The first-order valence-corrected chi connectivity index (χ1v) is 17.6. The number of carboxylic acids is 1. The molecule has 0 heterocycles. The molecule has 0 bridgehead atoms. The number of hydrogen-bond acceptors (Lipinski definition) is 14. The van der Waals surface area contributed by atoms with Crippen molar-refractivity contribution in [1.82, 2.24) is 21.3 Å². The lowest BCUT2D eigenvalue weighted by molar-refractivity contribution is -0.140. The summed E-state index contributed by atoms with van der Waals surface area (Å²) in [5.74, 6) is -7.92. The zero-order valence-electron chi connectivity index (χ0n) is 26.7. The second-order valence-electron chi connectivity index (χ2n) is 10.0. The highest BCUT2D eigenvalue weighted by Crippen LogP contribution is 2.35. The van der Waals surface area contributed by atoms with E-state index in [0.717, 1.165) is 27.7 Å². The number of carboxylic acid groups (broad SMARTS) is 1. The highest BCUT2D eigenvalue weighted by molar-refractivity contribution is 8.15. The van der Waals surface area contributed by atoms with E-state index in [2.05, 4.69) is 33.9 Å². The number of carbonyl (C=O) groups is 9. The van der Waals surface area contributed by atoms with Crippen molar-refractivity contribution in [2.24, 2.45) is 0 Å². The van der Waals surface area contributed by atoms with Crippen LogP contribution in [0.15, 0.2) is 18.2 Å². The van der Waals surface area contributed by atoms with Gasteiger partial charge in [-0.05, 0) is 18.2 Å². The van der Waals surface area contributed by atoms with Gasteiger partial charge in [-0.15, -0.1) is 0 Å². The first-order chi connectivity index (χ1) is 23.2. The second-order valence-corrected chi connectivity index (χ2v) is 13.4. The molecule has 1 aromatic rings. The first-order valence-electron chi connectivity index (χ1n) is 14.0. The van der Waals surface area contributed by atoms with Gasteiger partial charge >= 0.3 is 18.1 Å². The summed E-state index contributed by atoms with van der Waals surface area (Å²) in [6.45, 7) is 4.29. The Morgan fingerprint density at radius 1 is 0.720 bits per heavy atom. The fourth-order valence-corrected chi connectivity index (χ4v) is 6.73. The topological polar surface area (TPSA) is 231 Å². The molecule has 22 heteroatoms. The van der Waals surface area contributed by atoms with Crippen LogP contribution < -0.4 is 26.0 Å². The third-order valence-electron chi connectivity index (χ3n) is 5.75. The van der Waals surface area contributed by atoms with Gasteiger partial charge in [-0.3, -0.25) is 33.6 Å². The van der Waals surface area contributed by atoms with Crippen molar-refractivity contribution in [3.05, 3.63) is 29.3 Å². The quantitative estimate of drug-likeness (QED) is 0.0737. The van der Waals surface area contributed by atoms with Crippen molar-refractivity contribution in [1.29, 1.82) is 0 Å². The van der Waals surface area contributed by atoms with Gasteiger partial charge in [-0.1, -0.05) is 35.3 Å². The Morgan fingerprint density at radius 2 is 1.16 bits per heavy atom. The van der Waals surface area contributed by atoms with Crippen LogP contribution in [0.1, 0.15) is 43.6 Å². The zero-order valence-corrected chi connectivity index (χ0v) is 30.0. The maximum Gasteiger partial charge on any atom is 0.416 e. The number of thioether (sulfide) groups is 3. The normalized spacial score (nSPS) is 13.4. The van der Waals surface area contributed by atoms with Crippen molar-refractivity contribution in [2.45, 2.75) is 58.0 Å². The smallest absolute Gasteiger partial charge is 0.416 e. The average Bonchev–Trinajstić information content (AvgIpc) is 3.00. The van der Waals surface area contributed by atoms with Crippen LogP contribution in [0.5, 0.6) is 5.75 Å². The lowest BCUT2D eigenvalue weighted by Crippen LogP contribution is -2.45. The summed E-state index contributed by atoms with van der Waals surface area (Å²) in [5, 5.41) is 15.8. The number of hydrogen-bond donors (Lipinski definition) is 6. The van der Waals surface area contributed by atoms with Gasteiger partial charge in [-0.2, -0.15) is 25.8 Å². The van der Waals surface area contributed by atoms with Crippen molar-refractivity contribution in [3.63, 3.8) is 0 Å². The number of carbonyl (C=O) groups excluding carboxylic acids is 8. The van der Waals surface area contributed by atoms with E-state index in [1.165, 1.54) is 0 Å². The van der Waals surface area contributed by atoms with Gasteiger partial charge < -0.3 is 31.1 Å². The molecule has 0 aliphatic heterocycles. The summed E-state index contributed by atoms with van der Waals surface area (Å²) in [5.41, 5.74) is -1.88. The van der Waals surface area contributed by atoms with E-state index in [9.17, 15) is 61.4 Å². The van der Waals surface area contributed by atoms with E-state index in [0.29, 0.717) is 53.5 Å². The van der Waals surface area contributed by atoms with Crippen molar-refractivity contribution >= 4 is 98.8 Å². The van der Waals surface area contributed by atoms with Crippen LogP contribution in [0.3, 0.4) is 0 Å². The molecular formula is C28H33F3N4O11S4. The standard InChI is InChI=1S/C28H33F3N4O11S4/c1-12(36)32-18(8-47)26(44)50-10-20(34-14(3)38)24(42)46-22-7-16(28(29,30)31)5-6-17(22)25(43)48-11-21(35-15(4)39)27(45)49-9-19(23(40)41)33-13(2)37/h5-7,18-21,47H,8-11H2,1-4H3,(H,32,36)(H,33,37)(H,34,38)(H,35,39)(H,40,41). The number of rotatable bonds is 17. The molecule has 4 amide bonds. The number of nitrogens with one attached hydrogen (secondary N) is 4. The molecule has 0 aromatic heterocycles. The van der Waals surface area contributed by atoms with Crippen LogP contribution in [-0.4, -0.2) is 103 Å². The van der Waals surface area contributed by atoms with E-state index < -0.39 is 115 Å². The number of ether oxygens (including phenoxy) is 1. The molecule has 0 aliphatic carbocycles. The van der Waals surface area contributed by atoms with Gasteiger partial charge in [0, 0.05) is 50.7 Å². The number of aliphatic carboxylic acids is 1. The molecule has 0 saturated heterocycles. The number of halogens is 3. The molecule has 5 N–H and O–H groups in total. The number of alkyl halides is 3. The molecule has 1 aromatic carbocycles. The number of amides is 4. The van der Waals surface area contributed by atoms with Gasteiger partial charge in [0.25, 0.3) is 0 Å². The fourth-order valence-electron chi connectivity index (χ4n) is 3.57. The van der Waals surface area contributed by atoms with Crippen LogP contribution in [0, 0.1) is 0 Å². The molecular weight excluding hydrogens is 754 g/mol. The van der Waals surface area contributed by atoms with Gasteiger partial charge in [0.1, 0.15) is 29.9 Å². The molecule has 4 atom stereocenters. The number of esters is 1. The number of thiol groups is 1. The molecule has 0 spiro atoms. The van der Waals surface area contributed by atoms with E-state index in [-0.39, 0.29) is 5.75 Å². The Balaban J connectivity index is 3.29. The summed E-state index contributed by atoms with van der Waals surface area (Å²) in [6, 6.07) is -3.94. The maximum atomic E-state index is 13.6. The summed E-state index contributed by atoms with van der Waals surface area (Å²) >= 11 is 5.26. The minimum atomic E-state index is -4.95. The van der Waals surface area contributed by atoms with Crippen molar-refractivity contribution in [3.8, 4) is 5.75 Å². The van der Waals surface area contributed by atoms with Crippen LogP contribution in [0.4, 0.5) is 13.2 Å². The summed E-state index contributed by atoms with van der Waals surface area (Å²) in [7, 11) is 0. The summed E-state index contributed by atoms with van der Waals surface area (Å²) < 4.78 is 45.9. The lowest BCUT2D eigenvalue weighted by atomic mass is 10.1. The minimum absolute atomic E-state index is 0.110. The molecule has 4 unspecified atom stereocenters. The predicted molar refractivity (Wildman–Crippen MR) is 181 cm³/mol. The van der Waals surface area contributed by atoms with Gasteiger partial charge in [-0.25, -0.2) is 9.59 Å². The van der Waals surface area contributed by atoms with Crippen molar-refractivity contribution < 1.29 is 66.2 Å². The van der Waals surface area contributed by atoms with Gasteiger partial charge in [0.05, 0.1) is 11.1 Å². The SMILES string of the molecule is CC(=O)NC(CSC(=O)C(CSC(=O)c1ccc(C(F)(F)F)cc1OC(=O)C(CSC(=O)C(CS)NC(C)=O)NC(C)=O)NC(C)=O)C(=O)O. The van der Waals surface area contributed by atoms with E-state index in [1.807, 2.05) is 0 Å². The molecule has 0 radical (unpaired) electrons. The second kappa shape index (κ2) is 20.8. The Labute approximate surface area is 301 Å². The third-order valence-corrected chi connectivity index (χ3v) is 9.23. The lowest BCUT2D eigenvalue weighted by Gasteiger charge is -2.20. The molecule has 276 valence electrons. The Bertz CT molecular complexity index is 1500. The Hall–Kier alpha value is -3.76. The number of benzene rings is 1. The van der Waals surface area contributed by atoms with Crippen LogP contribution in [0.25, 0.3) is 0 Å². The highest BCUT2D eigenvalue weighted by atomic mass is 32.2. The third kappa shape index (κ3) is 15.9. The largest absolute Gasteiger partial charge is 0.480 e. The average molecular weight is 787 g/mol. The summed E-state index contributed by atoms with van der Waals surface area (Å²) in [6.07, 6.45) is -4.95. The summed E-state index contributed by atoms with van der Waals surface area (Å²) in [4.78, 5) is 109. The molecule has 0 saturated carbocycles.